The molecule has 0 bridgehead atoms. The van der Waals surface area contributed by atoms with Crippen molar-refractivity contribution in [2.24, 2.45) is 0 Å². The zero-order valence-corrected chi connectivity index (χ0v) is 19.5. The third-order valence-corrected chi connectivity index (χ3v) is 7.45. The predicted octanol–water partition coefficient (Wildman–Crippen LogP) is 2.63. The van der Waals surface area contributed by atoms with Gasteiger partial charge in [0.2, 0.25) is 10.0 Å². The van der Waals surface area contributed by atoms with E-state index in [0.717, 1.165) is 17.8 Å². The van der Waals surface area contributed by atoms with Crippen molar-refractivity contribution >= 4 is 33.2 Å². The third kappa shape index (κ3) is 5.63. The maximum Gasteiger partial charge on any atom is 0.313 e. The van der Waals surface area contributed by atoms with Gasteiger partial charge >= 0.3 is 11.8 Å². The molecule has 1 saturated heterocycles. The highest BCUT2D eigenvalue weighted by atomic mass is 32.2. The zero-order chi connectivity index (χ0) is 24.0. The molecule has 178 valence electrons. The van der Waals surface area contributed by atoms with Crippen molar-refractivity contribution in [3.05, 3.63) is 67.0 Å². The van der Waals surface area contributed by atoms with E-state index in [1.165, 1.54) is 4.31 Å². The van der Waals surface area contributed by atoms with Gasteiger partial charge in [-0.2, -0.15) is 0 Å². The molecular formula is C24H27N5O4S. The second-order valence-electron chi connectivity index (χ2n) is 8.02. The number of rotatable bonds is 7. The number of carbonyl (C=O) groups is 2. The molecule has 10 heteroatoms. The van der Waals surface area contributed by atoms with Crippen molar-refractivity contribution in [1.29, 1.82) is 0 Å². The number of hydrogen-bond donors (Lipinski definition) is 2. The first-order valence-electron chi connectivity index (χ1n) is 11.2. The van der Waals surface area contributed by atoms with Crippen molar-refractivity contribution in [1.82, 2.24) is 14.9 Å². The molecule has 0 atom stereocenters. The molecule has 1 aromatic heterocycles. The Labute approximate surface area is 198 Å². The van der Waals surface area contributed by atoms with E-state index in [2.05, 4.69) is 15.6 Å². The van der Waals surface area contributed by atoms with Gasteiger partial charge in [-0.05, 0) is 43.5 Å². The van der Waals surface area contributed by atoms with Crippen LogP contribution in [-0.4, -0.2) is 48.6 Å². The van der Waals surface area contributed by atoms with E-state index in [0.29, 0.717) is 43.9 Å². The molecule has 2 aromatic carbocycles. The Balaban J connectivity index is 1.24. The molecule has 0 unspecified atom stereocenters. The Kier molecular flexibility index (Phi) is 7.27. The first-order valence-corrected chi connectivity index (χ1v) is 12.8. The minimum absolute atomic E-state index is 0.139. The average molecular weight is 482 g/mol. The van der Waals surface area contributed by atoms with Crippen molar-refractivity contribution in [3.8, 4) is 11.4 Å². The number of sulfonamides is 1. The quantitative estimate of drug-likeness (QED) is 0.398. The van der Waals surface area contributed by atoms with E-state index in [1.807, 2.05) is 41.1 Å². The lowest BCUT2D eigenvalue weighted by atomic mass is 10.2. The van der Waals surface area contributed by atoms with Crippen LogP contribution in [-0.2, 0) is 26.2 Å². The summed E-state index contributed by atoms with van der Waals surface area (Å²) in [4.78, 5) is 28.8. The fourth-order valence-corrected chi connectivity index (χ4v) is 5.49. The van der Waals surface area contributed by atoms with Crippen LogP contribution in [0.5, 0.6) is 0 Å². The number of amides is 2. The normalized spacial score (nSPS) is 15.0. The highest BCUT2D eigenvalue weighted by Gasteiger charge is 2.26. The molecule has 3 aromatic rings. The first kappa shape index (κ1) is 23.5. The van der Waals surface area contributed by atoms with Gasteiger partial charge in [0, 0.05) is 43.3 Å². The average Bonchev–Trinajstić information content (AvgIpc) is 3.31. The van der Waals surface area contributed by atoms with Crippen molar-refractivity contribution in [3.63, 3.8) is 0 Å². The smallest absolute Gasteiger partial charge is 0.313 e. The monoisotopic (exact) mass is 481 g/mol. The number of imidazole rings is 1. The van der Waals surface area contributed by atoms with Crippen molar-refractivity contribution in [2.75, 3.05) is 28.5 Å². The van der Waals surface area contributed by atoms with Crippen LogP contribution in [0.25, 0.3) is 11.4 Å². The summed E-state index contributed by atoms with van der Waals surface area (Å²) in [5.41, 5.74) is 1.99. The lowest BCUT2D eigenvalue weighted by Gasteiger charge is -2.28. The van der Waals surface area contributed by atoms with Gasteiger partial charge < -0.3 is 15.2 Å². The molecule has 1 aliphatic rings. The lowest BCUT2D eigenvalue weighted by Crippen LogP contribution is -2.38. The molecule has 2 amide bonds. The molecule has 1 aliphatic heterocycles. The molecule has 0 radical (unpaired) electrons. The maximum absolute atomic E-state index is 12.2. The molecule has 1 fully saturated rings. The van der Waals surface area contributed by atoms with Gasteiger partial charge in [0.1, 0.15) is 5.82 Å². The molecule has 4 rings (SSSR count). The van der Waals surface area contributed by atoms with E-state index in [1.54, 1.807) is 30.5 Å². The Morgan fingerprint density at radius 2 is 1.74 bits per heavy atom. The number of nitrogens with one attached hydrogen (secondary N) is 2. The van der Waals surface area contributed by atoms with Gasteiger partial charge in [-0.15, -0.1) is 0 Å². The van der Waals surface area contributed by atoms with E-state index in [-0.39, 0.29) is 5.75 Å². The summed E-state index contributed by atoms with van der Waals surface area (Å²) in [5, 5.41) is 5.17. The fraction of sp³-hybridized carbons (Fsp3) is 0.292. The third-order valence-electron chi connectivity index (χ3n) is 5.58. The Hall–Kier alpha value is -3.66. The van der Waals surface area contributed by atoms with Crippen LogP contribution < -0.4 is 14.9 Å². The van der Waals surface area contributed by atoms with E-state index < -0.39 is 21.8 Å². The van der Waals surface area contributed by atoms with Gasteiger partial charge in [-0.3, -0.25) is 13.9 Å². The number of anilines is 2. The molecule has 9 nitrogen and oxygen atoms in total. The molecule has 0 aliphatic carbocycles. The minimum atomic E-state index is -3.30. The van der Waals surface area contributed by atoms with Crippen LogP contribution in [0.2, 0.25) is 0 Å². The standard InChI is InChI=1S/C24H27N5O4S/c30-23(26-13-6-15-28-17-14-25-22(28)19-7-2-1-3-8-19)24(31)27-20-9-11-21(12-10-20)29-16-4-5-18-34(29,32)33/h1-3,7-12,14,17H,4-6,13,15-16,18H2,(H,26,30)(H,27,31). The van der Waals surface area contributed by atoms with Crippen LogP contribution in [0.15, 0.2) is 67.0 Å². The summed E-state index contributed by atoms with van der Waals surface area (Å²) < 4.78 is 27.8. The number of carbonyl (C=O) groups excluding carboxylic acids is 2. The van der Waals surface area contributed by atoms with E-state index in [4.69, 9.17) is 0 Å². The summed E-state index contributed by atoms with van der Waals surface area (Å²) in [6.45, 7) is 1.43. The molecule has 2 N–H and O–H groups in total. The van der Waals surface area contributed by atoms with Crippen molar-refractivity contribution in [2.45, 2.75) is 25.8 Å². The first-order chi connectivity index (χ1) is 16.4. The maximum atomic E-state index is 12.2. The van der Waals surface area contributed by atoms with Gasteiger partial charge in [0.15, 0.2) is 0 Å². The fourth-order valence-electron chi connectivity index (χ4n) is 3.85. The van der Waals surface area contributed by atoms with Crippen LogP contribution in [0.4, 0.5) is 11.4 Å². The molecule has 0 spiro atoms. The van der Waals surface area contributed by atoms with E-state index >= 15 is 0 Å². The molecular weight excluding hydrogens is 454 g/mol. The van der Waals surface area contributed by atoms with Gasteiger partial charge in [-0.25, -0.2) is 13.4 Å². The SMILES string of the molecule is O=C(NCCCn1ccnc1-c1ccccc1)C(=O)Nc1ccc(N2CCCCS2(=O)=O)cc1. The number of benzene rings is 2. The Morgan fingerprint density at radius 1 is 0.971 bits per heavy atom. The summed E-state index contributed by atoms with van der Waals surface area (Å²) in [5.74, 6) is -0.506. The summed E-state index contributed by atoms with van der Waals surface area (Å²) in [7, 11) is -3.30. The summed E-state index contributed by atoms with van der Waals surface area (Å²) in [6.07, 6.45) is 5.73. The number of nitrogens with zero attached hydrogens (tertiary/aromatic N) is 3. The highest BCUT2D eigenvalue weighted by molar-refractivity contribution is 7.92. The molecule has 2 heterocycles. The number of hydrogen-bond acceptors (Lipinski definition) is 5. The lowest BCUT2D eigenvalue weighted by molar-refractivity contribution is -0.136. The number of aryl methyl sites for hydroxylation is 1. The summed E-state index contributed by atoms with van der Waals surface area (Å²) in [6, 6.07) is 16.3. The second kappa shape index (κ2) is 10.5. The van der Waals surface area contributed by atoms with Gasteiger partial charge in [0.05, 0.1) is 11.4 Å². The molecule has 34 heavy (non-hydrogen) atoms. The second-order valence-corrected chi connectivity index (χ2v) is 10.0. The highest BCUT2D eigenvalue weighted by Crippen LogP contribution is 2.25. The minimum Gasteiger partial charge on any atom is -0.348 e. The van der Waals surface area contributed by atoms with Crippen LogP contribution in [0.3, 0.4) is 0 Å². The Bertz CT molecular complexity index is 1240. The van der Waals surface area contributed by atoms with E-state index in [9.17, 15) is 18.0 Å². The predicted molar refractivity (Wildman–Crippen MR) is 131 cm³/mol. The van der Waals surface area contributed by atoms with Crippen molar-refractivity contribution < 1.29 is 18.0 Å². The Morgan fingerprint density at radius 3 is 2.47 bits per heavy atom. The molecule has 0 saturated carbocycles. The van der Waals surface area contributed by atoms with Gasteiger partial charge in [0.25, 0.3) is 0 Å². The largest absolute Gasteiger partial charge is 0.348 e. The van der Waals surface area contributed by atoms with Crippen LogP contribution >= 0.6 is 0 Å². The van der Waals surface area contributed by atoms with Crippen LogP contribution in [0.1, 0.15) is 19.3 Å². The van der Waals surface area contributed by atoms with Gasteiger partial charge in [-0.1, -0.05) is 30.3 Å². The number of aromatic nitrogens is 2. The summed E-state index contributed by atoms with van der Waals surface area (Å²) >= 11 is 0. The zero-order valence-electron chi connectivity index (χ0n) is 18.7. The topological polar surface area (TPSA) is 113 Å². The van der Waals surface area contributed by atoms with Crippen LogP contribution in [0, 0.1) is 0 Å².